The second kappa shape index (κ2) is 9.80. The van der Waals surface area contributed by atoms with Gasteiger partial charge in [-0.25, -0.2) is 17.2 Å². The highest BCUT2D eigenvalue weighted by Gasteiger charge is 2.30. The predicted octanol–water partition coefficient (Wildman–Crippen LogP) is 5.03. The minimum atomic E-state index is -4.11. The first-order valence-electron chi connectivity index (χ1n) is 10.4. The number of benzene rings is 3. The lowest BCUT2D eigenvalue weighted by Crippen LogP contribution is -2.38. The summed E-state index contributed by atoms with van der Waals surface area (Å²) in [6.45, 7) is 6.49. The average molecular weight is 473 g/mol. The fraction of sp³-hybridized carbons (Fsp3) is 0.240. The standard InChI is InChI=1S/C25H26F2N2O3S/c1-16-8-10-20(11-9-16)14-29(15-23(30)28-24-21(26)6-5-7-22(24)27)33(31,32)25-18(3)12-17(2)13-19(25)4/h5-13H,14-15H2,1-4H3,(H,28,30). The fourth-order valence-corrected chi connectivity index (χ4v) is 5.58. The van der Waals surface area contributed by atoms with E-state index in [1.807, 2.05) is 26.0 Å². The number of amides is 1. The molecule has 33 heavy (non-hydrogen) atoms. The number of nitrogens with zero attached hydrogens (tertiary/aromatic N) is 1. The lowest BCUT2D eigenvalue weighted by Gasteiger charge is -2.24. The molecular formula is C25H26F2N2O3S. The van der Waals surface area contributed by atoms with Crippen molar-refractivity contribution in [3.8, 4) is 0 Å². The van der Waals surface area contributed by atoms with Crippen molar-refractivity contribution in [3.63, 3.8) is 0 Å². The lowest BCUT2D eigenvalue weighted by molar-refractivity contribution is -0.116. The molecule has 1 N–H and O–H groups in total. The van der Waals surface area contributed by atoms with E-state index >= 15 is 0 Å². The van der Waals surface area contributed by atoms with Crippen LogP contribution in [0.4, 0.5) is 14.5 Å². The molecule has 0 spiro atoms. The summed E-state index contributed by atoms with van der Waals surface area (Å²) in [5.41, 5.74) is 3.10. The van der Waals surface area contributed by atoms with Crippen LogP contribution < -0.4 is 5.32 Å². The first kappa shape index (κ1) is 24.5. The van der Waals surface area contributed by atoms with Crippen LogP contribution in [0.2, 0.25) is 0 Å². The number of nitrogens with one attached hydrogen (secondary N) is 1. The molecule has 0 radical (unpaired) electrons. The van der Waals surface area contributed by atoms with E-state index in [4.69, 9.17) is 0 Å². The van der Waals surface area contributed by atoms with Crippen LogP contribution in [0.1, 0.15) is 27.8 Å². The summed E-state index contributed by atoms with van der Waals surface area (Å²) in [6.07, 6.45) is 0. The molecule has 3 aromatic rings. The second-order valence-corrected chi connectivity index (χ2v) is 10.0. The summed E-state index contributed by atoms with van der Waals surface area (Å²) in [6, 6.07) is 14.0. The third-order valence-corrected chi connectivity index (χ3v) is 7.33. The molecule has 8 heteroatoms. The van der Waals surface area contributed by atoms with E-state index in [0.717, 1.165) is 27.6 Å². The summed E-state index contributed by atoms with van der Waals surface area (Å²) in [5.74, 6) is -2.74. The zero-order valence-corrected chi connectivity index (χ0v) is 19.8. The van der Waals surface area contributed by atoms with Crippen LogP contribution in [-0.4, -0.2) is 25.2 Å². The third kappa shape index (κ3) is 5.64. The van der Waals surface area contributed by atoms with Crippen LogP contribution in [-0.2, 0) is 21.4 Å². The Morgan fingerprint density at radius 2 is 1.42 bits per heavy atom. The Balaban J connectivity index is 1.99. The first-order valence-corrected chi connectivity index (χ1v) is 11.8. The number of sulfonamides is 1. The van der Waals surface area contributed by atoms with Crippen molar-refractivity contribution in [2.75, 3.05) is 11.9 Å². The molecule has 0 aliphatic carbocycles. The van der Waals surface area contributed by atoms with Gasteiger partial charge in [-0.15, -0.1) is 0 Å². The van der Waals surface area contributed by atoms with Gasteiger partial charge in [-0.05, 0) is 56.5 Å². The highest BCUT2D eigenvalue weighted by Crippen LogP contribution is 2.27. The van der Waals surface area contributed by atoms with Crippen LogP contribution >= 0.6 is 0 Å². The SMILES string of the molecule is Cc1ccc(CN(CC(=O)Nc2c(F)cccc2F)S(=O)(=O)c2c(C)cc(C)cc2C)cc1. The molecule has 0 atom stereocenters. The first-order chi connectivity index (χ1) is 15.5. The molecule has 0 fully saturated rings. The van der Waals surface area contributed by atoms with Gasteiger partial charge in [0.2, 0.25) is 15.9 Å². The Bertz CT molecular complexity index is 1250. The van der Waals surface area contributed by atoms with E-state index in [0.29, 0.717) is 16.7 Å². The van der Waals surface area contributed by atoms with Gasteiger partial charge in [0, 0.05) is 6.54 Å². The molecule has 0 aromatic heterocycles. The van der Waals surface area contributed by atoms with E-state index in [9.17, 15) is 22.0 Å². The number of halogens is 2. The van der Waals surface area contributed by atoms with Crippen molar-refractivity contribution in [1.29, 1.82) is 0 Å². The molecule has 0 heterocycles. The number of hydrogen-bond acceptors (Lipinski definition) is 3. The second-order valence-electron chi connectivity index (χ2n) is 8.13. The quantitative estimate of drug-likeness (QED) is 0.525. The average Bonchev–Trinajstić information content (AvgIpc) is 2.71. The number of carbonyl (C=O) groups is 1. The number of aryl methyl sites for hydroxylation is 4. The van der Waals surface area contributed by atoms with E-state index in [1.165, 1.54) is 6.07 Å². The molecular weight excluding hydrogens is 446 g/mol. The maximum absolute atomic E-state index is 14.0. The van der Waals surface area contributed by atoms with Gasteiger partial charge in [-0.2, -0.15) is 4.31 Å². The van der Waals surface area contributed by atoms with Crippen molar-refractivity contribution in [3.05, 3.63) is 94.0 Å². The van der Waals surface area contributed by atoms with E-state index < -0.39 is 39.8 Å². The molecule has 0 saturated heterocycles. The Morgan fingerprint density at radius 1 is 0.879 bits per heavy atom. The third-order valence-electron chi connectivity index (χ3n) is 5.23. The maximum Gasteiger partial charge on any atom is 0.244 e. The van der Waals surface area contributed by atoms with Crippen LogP contribution in [0.5, 0.6) is 0 Å². The molecule has 1 amide bonds. The Hall–Kier alpha value is -3.10. The van der Waals surface area contributed by atoms with Crippen LogP contribution in [0.15, 0.2) is 59.5 Å². The Kier molecular flexibility index (Phi) is 7.29. The molecule has 174 valence electrons. The number of para-hydroxylation sites is 1. The van der Waals surface area contributed by atoms with Crippen LogP contribution in [0, 0.1) is 39.3 Å². The molecule has 3 aromatic carbocycles. The Morgan fingerprint density at radius 3 is 1.97 bits per heavy atom. The minimum absolute atomic E-state index is 0.0808. The van der Waals surface area contributed by atoms with Crippen molar-refractivity contribution in [2.24, 2.45) is 0 Å². The Labute approximate surface area is 193 Å². The summed E-state index contributed by atoms with van der Waals surface area (Å²) in [7, 11) is -4.11. The van der Waals surface area contributed by atoms with Gasteiger partial charge in [0.15, 0.2) is 0 Å². The molecule has 3 rings (SSSR count). The normalized spacial score (nSPS) is 11.6. The fourth-order valence-electron chi connectivity index (χ4n) is 3.78. The van der Waals surface area contributed by atoms with Crippen molar-refractivity contribution < 1.29 is 22.0 Å². The molecule has 0 bridgehead atoms. The summed E-state index contributed by atoms with van der Waals surface area (Å²) < 4.78 is 56.4. The van der Waals surface area contributed by atoms with E-state index in [2.05, 4.69) is 5.32 Å². The summed E-state index contributed by atoms with van der Waals surface area (Å²) in [5, 5.41) is 2.17. The van der Waals surface area contributed by atoms with Gasteiger partial charge < -0.3 is 5.32 Å². The summed E-state index contributed by atoms with van der Waals surface area (Å²) >= 11 is 0. The zero-order chi connectivity index (χ0) is 24.3. The predicted molar refractivity (Wildman–Crippen MR) is 124 cm³/mol. The summed E-state index contributed by atoms with van der Waals surface area (Å²) in [4.78, 5) is 12.8. The van der Waals surface area contributed by atoms with Gasteiger partial charge in [-0.1, -0.05) is 53.6 Å². The van der Waals surface area contributed by atoms with Crippen molar-refractivity contribution >= 4 is 21.6 Å². The van der Waals surface area contributed by atoms with Gasteiger partial charge in [0.25, 0.3) is 0 Å². The topological polar surface area (TPSA) is 66.5 Å². The van der Waals surface area contributed by atoms with Crippen molar-refractivity contribution in [2.45, 2.75) is 39.1 Å². The monoisotopic (exact) mass is 472 g/mol. The maximum atomic E-state index is 14.0. The largest absolute Gasteiger partial charge is 0.320 e. The van der Waals surface area contributed by atoms with Gasteiger partial charge >= 0.3 is 0 Å². The van der Waals surface area contributed by atoms with Gasteiger partial charge in [-0.3, -0.25) is 4.79 Å². The van der Waals surface area contributed by atoms with Crippen LogP contribution in [0.3, 0.4) is 0 Å². The number of carbonyl (C=O) groups excluding carboxylic acids is 1. The minimum Gasteiger partial charge on any atom is -0.320 e. The lowest BCUT2D eigenvalue weighted by atomic mass is 10.1. The molecule has 0 aliphatic rings. The smallest absolute Gasteiger partial charge is 0.244 e. The molecule has 0 unspecified atom stereocenters. The van der Waals surface area contributed by atoms with E-state index in [-0.39, 0.29) is 11.4 Å². The molecule has 5 nitrogen and oxygen atoms in total. The number of hydrogen-bond donors (Lipinski definition) is 1. The van der Waals surface area contributed by atoms with Crippen LogP contribution in [0.25, 0.3) is 0 Å². The van der Waals surface area contributed by atoms with Gasteiger partial charge in [0.1, 0.15) is 17.3 Å². The van der Waals surface area contributed by atoms with Gasteiger partial charge in [0.05, 0.1) is 11.4 Å². The highest BCUT2D eigenvalue weighted by atomic mass is 32.2. The zero-order valence-electron chi connectivity index (χ0n) is 18.9. The number of rotatable bonds is 7. The molecule has 0 saturated carbocycles. The van der Waals surface area contributed by atoms with E-state index in [1.54, 1.807) is 38.1 Å². The van der Waals surface area contributed by atoms with Crippen molar-refractivity contribution in [1.82, 2.24) is 4.31 Å². The molecule has 0 aliphatic heterocycles. The number of anilines is 1. The highest BCUT2D eigenvalue weighted by molar-refractivity contribution is 7.89.